The first-order valence-corrected chi connectivity index (χ1v) is 14.8. The molecule has 3 aliphatic rings. The van der Waals surface area contributed by atoms with Crippen molar-refractivity contribution in [1.82, 2.24) is 0 Å². The van der Waals surface area contributed by atoms with Gasteiger partial charge in [0.25, 0.3) is 0 Å². The monoisotopic (exact) mass is 672 g/mol. The number of ether oxygens (including phenoxy) is 6. The molecule has 4 rings (SSSR count). The molecule has 1 aromatic carbocycles. The van der Waals surface area contributed by atoms with Crippen LogP contribution in [0.2, 0.25) is 0 Å². The minimum atomic E-state index is -1.88. The van der Waals surface area contributed by atoms with Gasteiger partial charge < -0.3 is 74.4 Å². The predicted molar refractivity (Wildman–Crippen MR) is 152 cm³/mol. The Morgan fingerprint density at radius 2 is 1.40 bits per heavy atom. The fourth-order valence-electron chi connectivity index (χ4n) is 5.32. The minimum Gasteiger partial charge on any atom is -0.508 e. The standard InChI is InChI=1S/C30H40O17/c1-2-15-16(9-20(34)46-29-25(39)23(37)21(35)18(10-31)44-29)17(27(41)42-8-7-13-3-5-14(33)6-4-13)12-43-28(15)47-30-26(40)24(38)22(36)19(11-32)45-30/h2-6,12,16,18-19,21-26,28-33,35-40H,7-11H2,1H3/b15-2-/t16-,18-,19-,21-,22+,23-,24-,25+,26+,28-,29-,30+/m0/s1. The zero-order valence-corrected chi connectivity index (χ0v) is 25.2. The smallest absolute Gasteiger partial charge is 0.337 e. The summed E-state index contributed by atoms with van der Waals surface area (Å²) in [6.45, 7) is -0.0584. The third-order valence-corrected chi connectivity index (χ3v) is 8.07. The quantitative estimate of drug-likeness (QED) is 0.0828. The molecule has 1 aromatic rings. The number of allylic oxidation sites excluding steroid dienone is 1. The molecule has 262 valence electrons. The summed E-state index contributed by atoms with van der Waals surface area (Å²) < 4.78 is 32.7. The highest BCUT2D eigenvalue weighted by molar-refractivity contribution is 5.91. The summed E-state index contributed by atoms with van der Waals surface area (Å²) in [4.78, 5) is 26.5. The van der Waals surface area contributed by atoms with Gasteiger partial charge in [-0.15, -0.1) is 0 Å². The highest BCUT2D eigenvalue weighted by atomic mass is 16.8. The minimum absolute atomic E-state index is 0.0630. The summed E-state index contributed by atoms with van der Waals surface area (Å²) in [6.07, 6.45) is -16.1. The Bertz CT molecular complexity index is 1260. The fraction of sp³-hybridized carbons (Fsp3) is 0.600. The number of esters is 2. The van der Waals surface area contributed by atoms with Crippen LogP contribution in [-0.2, 0) is 44.4 Å². The van der Waals surface area contributed by atoms with Gasteiger partial charge in [-0.3, -0.25) is 4.79 Å². The van der Waals surface area contributed by atoms with E-state index in [0.717, 1.165) is 11.8 Å². The molecule has 0 aromatic heterocycles. The second kappa shape index (κ2) is 16.3. The molecule has 17 heteroatoms. The maximum absolute atomic E-state index is 13.3. The number of phenolic OH excluding ortho intramolecular Hbond substituents is 1. The topological polar surface area (TPSA) is 272 Å². The average Bonchev–Trinajstić information content (AvgIpc) is 3.06. The van der Waals surface area contributed by atoms with Gasteiger partial charge in [0.05, 0.1) is 38.1 Å². The van der Waals surface area contributed by atoms with E-state index in [1.54, 1.807) is 12.1 Å². The third kappa shape index (κ3) is 8.45. The van der Waals surface area contributed by atoms with Crippen molar-refractivity contribution in [3.63, 3.8) is 0 Å². The summed E-state index contributed by atoms with van der Waals surface area (Å²) in [6, 6.07) is 6.23. The number of carbonyl (C=O) groups excluding carboxylic acids is 2. The fourth-order valence-corrected chi connectivity index (χ4v) is 5.32. The van der Waals surface area contributed by atoms with Crippen molar-refractivity contribution in [3.05, 3.63) is 53.3 Å². The summed E-state index contributed by atoms with van der Waals surface area (Å²) in [7, 11) is 0. The lowest BCUT2D eigenvalue weighted by atomic mass is 9.86. The van der Waals surface area contributed by atoms with E-state index in [1.807, 2.05) is 0 Å². The number of aromatic hydroxyl groups is 1. The van der Waals surface area contributed by atoms with E-state index in [9.17, 15) is 55.5 Å². The van der Waals surface area contributed by atoms with Gasteiger partial charge in [-0.05, 0) is 24.6 Å². The molecule has 47 heavy (non-hydrogen) atoms. The number of aliphatic hydroxyl groups excluding tert-OH is 8. The predicted octanol–water partition coefficient (Wildman–Crippen LogP) is -3.17. The Morgan fingerprint density at radius 3 is 1.98 bits per heavy atom. The highest BCUT2D eigenvalue weighted by Crippen LogP contribution is 2.37. The number of aliphatic hydroxyl groups is 8. The maximum atomic E-state index is 13.3. The van der Waals surface area contributed by atoms with Gasteiger partial charge in [-0.1, -0.05) is 18.2 Å². The van der Waals surface area contributed by atoms with Crippen molar-refractivity contribution < 1.29 is 84.0 Å². The molecule has 0 radical (unpaired) electrons. The Balaban J connectivity index is 1.53. The molecule has 0 bridgehead atoms. The van der Waals surface area contributed by atoms with Crippen molar-refractivity contribution in [2.75, 3.05) is 19.8 Å². The van der Waals surface area contributed by atoms with Gasteiger partial charge >= 0.3 is 11.9 Å². The summed E-state index contributed by atoms with van der Waals surface area (Å²) in [5.41, 5.74) is 0.718. The van der Waals surface area contributed by atoms with Crippen LogP contribution in [0.1, 0.15) is 18.9 Å². The first-order valence-electron chi connectivity index (χ1n) is 14.8. The van der Waals surface area contributed by atoms with Crippen LogP contribution in [0, 0.1) is 5.92 Å². The Morgan fingerprint density at radius 1 is 0.830 bits per heavy atom. The third-order valence-electron chi connectivity index (χ3n) is 8.07. The molecule has 9 N–H and O–H groups in total. The van der Waals surface area contributed by atoms with E-state index in [0.29, 0.717) is 0 Å². The molecule has 2 saturated heterocycles. The van der Waals surface area contributed by atoms with Crippen molar-refractivity contribution in [2.24, 2.45) is 5.92 Å². The number of hydrogen-bond acceptors (Lipinski definition) is 17. The van der Waals surface area contributed by atoms with E-state index >= 15 is 0 Å². The molecule has 17 nitrogen and oxygen atoms in total. The number of rotatable bonds is 11. The van der Waals surface area contributed by atoms with Crippen LogP contribution in [0.15, 0.2) is 47.7 Å². The molecule has 3 heterocycles. The van der Waals surface area contributed by atoms with Crippen LogP contribution in [-0.4, -0.2) is 145 Å². The summed E-state index contributed by atoms with van der Waals surface area (Å²) >= 11 is 0. The van der Waals surface area contributed by atoms with Gasteiger partial charge in [0, 0.05) is 17.9 Å². The van der Waals surface area contributed by atoms with Crippen LogP contribution in [0.4, 0.5) is 0 Å². The molecule has 3 aliphatic heterocycles. The Hall–Kier alpha value is -3.20. The molecule has 0 unspecified atom stereocenters. The lowest BCUT2D eigenvalue weighted by Gasteiger charge is -2.42. The van der Waals surface area contributed by atoms with E-state index in [2.05, 4.69) is 0 Å². The highest BCUT2D eigenvalue weighted by Gasteiger charge is 2.48. The van der Waals surface area contributed by atoms with Crippen molar-refractivity contribution in [1.29, 1.82) is 0 Å². The summed E-state index contributed by atoms with van der Waals surface area (Å²) in [5, 5.41) is 89.6. The van der Waals surface area contributed by atoms with Crippen molar-refractivity contribution >= 4 is 11.9 Å². The second-order valence-electron chi connectivity index (χ2n) is 11.2. The SMILES string of the molecule is C/C=C1\[C@H](O[C@H]2O[C@@H](CO)[C@@H](O)[C@H](O)[C@H]2O)OC=C(C(=O)OCCc2ccc(O)cc2)[C@H]1CC(=O)O[C@@H]1O[C@@H](CO)[C@H](O)[C@H](O)[C@H]1O. The van der Waals surface area contributed by atoms with Gasteiger partial charge in [0.1, 0.15) is 54.6 Å². The first kappa shape index (κ1) is 36.6. The lowest BCUT2D eigenvalue weighted by Crippen LogP contribution is -2.60. The van der Waals surface area contributed by atoms with Crippen LogP contribution < -0.4 is 0 Å². The van der Waals surface area contributed by atoms with Crippen molar-refractivity contribution in [3.8, 4) is 5.75 Å². The van der Waals surface area contributed by atoms with Gasteiger partial charge in [0.15, 0.2) is 6.29 Å². The largest absolute Gasteiger partial charge is 0.508 e. The first-order chi connectivity index (χ1) is 22.4. The molecule has 12 atom stereocenters. The lowest BCUT2D eigenvalue weighted by molar-refractivity contribution is -0.327. The second-order valence-corrected chi connectivity index (χ2v) is 11.2. The average molecular weight is 673 g/mol. The van der Waals surface area contributed by atoms with Crippen molar-refractivity contribution in [2.45, 2.75) is 87.5 Å². The molecule has 0 saturated carbocycles. The van der Waals surface area contributed by atoms with Crippen LogP contribution in [0.5, 0.6) is 5.75 Å². The molecule has 0 aliphatic carbocycles. The van der Waals surface area contributed by atoms with Gasteiger partial charge in [0.2, 0.25) is 12.6 Å². The molecule has 0 spiro atoms. The van der Waals surface area contributed by atoms with Gasteiger partial charge in [-0.25, -0.2) is 4.79 Å². The Kier molecular flexibility index (Phi) is 12.7. The summed E-state index contributed by atoms with van der Waals surface area (Å²) in [5.74, 6) is -3.06. The molecular formula is C30H40O17. The van der Waals surface area contributed by atoms with E-state index in [4.69, 9.17) is 28.4 Å². The number of benzene rings is 1. The van der Waals surface area contributed by atoms with Crippen LogP contribution in [0.3, 0.4) is 0 Å². The number of carbonyl (C=O) groups is 2. The van der Waals surface area contributed by atoms with Crippen LogP contribution in [0.25, 0.3) is 0 Å². The number of phenols is 1. The zero-order chi connectivity index (χ0) is 34.4. The Labute approximate surface area is 268 Å². The number of hydrogen-bond donors (Lipinski definition) is 9. The molecule has 2 fully saturated rings. The molecular weight excluding hydrogens is 632 g/mol. The van der Waals surface area contributed by atoms with Gasteiger partial charge in [-0.2, -0.15) is 0 Å². The zero-order valence-electron chi connectivity index (χ0n) is 25.2. The maximum Gasteiger partial charge on any atom is 0.337 e. The van der Waals surface area contributed by atoms with E-state index in [1.165, 1.54) is 25.1 Å². The normalized spacial score (nSPS) is 36.7. The van der Waals surface area contributed by atoms with E-state index in [-0.39, 0.29) is 29.9 Å². The molecule has 0 amide bonds. The van der Waals surface area contributed by atoms with Crippen LogP contribution >= 0.6 is 0 Å². The van der Waals surface area contributed by atoms with E-state index < -0.39 is 105 Å².